The number of aromatic nitrogens is 2. The van der Waals surface area contributed by atoms with Gasteiger partial charge in [-0.15, -0.1) is 0 Å². The molecule has 0 aliphatic rings. The Balaban J connectivity index is 2.12. The van der Waals surface area contributed by atoms with E-state index in [-0.39, 0.29) is 0 Å². The molecule has 0 atom stereocenters. The van der Waals surface area contributed by atoms with Crippen LogP contribution in [0, 0.1) is 6.92 Å². The molecule has 2 aromatic carbocycles. The Morgan fingerprint density at radius 3 is 2.62 bits per heavy atom. The first-order valence-electron chi connectivity index (χ1n) is 6.62. The minimum atomic E-state index is 0.506. The molecule has 0 radical (unpaired) electrons. The summed E-state index contributed by atoms with van der Waals surface area (Å²) < 4.78 is 0. The maximum Gasteiger partial charge on any atom is 0.162 e. The number of hydrogen-bond acceptors (Lipinski definition) is 3. The Labute approximate surface area is 131 Å². The molecule has 4 rings (SSSR count). The van der Waals surface area contributed by atoms with Crippen LogP contribution in [0.5, 0.6) is 0 Å². The van der Waals surface area contributed by atoms with E-state index in [1.54, 1.807) is 11.3 Å². The van der Waals surface area contributed by atoms with Gasteiger partial charge in [0.25, 0.3) is 0 Å². The molecule has 21 heavy (non-hydrogen) atoms. The van der Waals surface area contributed by atoms with E-state index in [9.17, 15) is 0 Å². The first-order valence-corrected chi connectivity index (χ1v) is 7.94. The summed E-state index contributed by atoms with van der Waals surface area (Å²) in [6.07, 6.45) is 0. The summed E-state index contributed by atoms with van der Waals surface area (Å²) >= 11 is 8.04. The molecule has 0 spiro atoms. The van der Waals surface area contributed by atoms with Crippen LogP contribution in [0.25, 0.3) is 33.1 Å². The normalized spacial score (nSPS) is 11.3. The van der Waals surface area contributed by atoms with Gasteiger partial charge in [-0.2, -0.15) is 11.3 Å². The van der Waals surface area contributed by atoms with E-state index in [4.69, 9.17) is 16.6 Å². The Morgan fingerprint density at radius 2 is 1.81 bits per heavy atom. The highest BCUT2D eigenvalue weighted by molar-refractivity contribution is 7.08. The molecule has 0 fully saturated rings. The minimum absolute atomic E-state index is 0.506. The lowest BCUT2D eigenvalue weighted by atomic mass is 10.1. The first kappa shape index (κ1) is 12.7. The molecule has 0 bridgehead atoms. The molecular weight excluding hydrogens is 300 g/mol. The average Bonchev–Trinajstić information content (AvgIpc) is 2.93. The molecular formula is C17H11ClN2S. The van der Waals surface area contributed by atoms with Crippen molar-refractivity contribution >= 4 is 44.6 Å². The fourth-order valence-electron chi connectivity index (χ4n) is 2.54. The summed E-state index contributed by atoms with van der Waals surface area (Å²) in [4.78, 5) is 9.25. The fourth-order valence-corrected chi connectivity index (χ4v) is 3.60. The van der Waals surface area contributed by atoms with E-state index in [2.05, 4.69) is 40.9 Å². The molecule has 0 saturated carbocycles. The highest BCUT2D eigenvalue weighted by atomic mass is 35.5. The molecule has 2 aromatic heterocycles. The van der Waals surface area contributed by atoms with Crippen molar-refractivity contribution in [3.05, 3.63) is 57.9 Å². The Hall–Kier alpha value is -1.97. The molecule has 102 valence electrons. The summed E-state index contributed by atoms with van der Waals surface area (Å²) in [7, 11) is 0. The molecule has 0 aliphatic carbocycles. The number of aryl methyl sites for hydroxylation is 1. The maximum absolute atomic E-state index is 6.38. The van der Waals surface area contributed by atoms with Crippen molar-refractivity contribution in [1.29, 1.82) is 0 Å². The lowest BCUT2D eigenvalue weighted by Crippen LogP contribution is -1.93. The predicted molar refractivity (Wildman–Crippen MR) is 90.1 cm³/mol. The molecule has 0 unspecified atom stereocenters. The number of fused-ring (bicyclic) bond motifs is 3. The lowest BCUT2D eigenvalue weighted by molar-refractivity contribution is 1.23. The van der Waals surface area contributed by atoms with Crippen molar-refractivity contribution in [2.24, 2.45) is 0 Å². The zero-order chi connectivity index (χ0) is 14.4. The third-order valence-electron chi connectivity index (χ3n) is 3.64. The van der Waals surface area contributed by atoms with E-state index in [0.717, 1.165) is 27.2 Å². The second-order valence-electron chi connectivity index (χ2n) is 4.99. The SMILES string of the molecule is Cc1cscc1-c1nc(Cl)c2ccc3ccccc3c2n1. The lowest BCUT2D eigenvalue weighted by Gasteiger charge is -2.07. The van der Waals surface area contributed by atoms with E-state index >= 15 is 0 Å². The van der Waals surface area contributed by atoms with Gasteiger partial charge >= 0.3 is 0 Å². The van der Waals surface area contributed by atoms with Gasteiger partial charge in [0.1, 0.15) is 5.15 Å². The third-order valence-corrected chi connectivity index (χ3v) is 4.79. The number of thiophene rings is 1. The second kappa shape index (κ2) is 4.79. The van der Waals surface area contributed by atoms with Gasteiger partial charge in [-0.25, -0.2) is 9.97 Å². The zero-order valence-electron chi connectivity index (χ0n) is 11.3. The van der Waals surface area contributed by atoms with E-state index in [1.807, 2.05) is 18.2 Å². The molecule has 4 aromatic rings. The van der Waals surface area contributed by atoms with Crippen LogP contribution < -0.4 is 0 Å². The van der Waals surface area contributed by atoms with Gasteiger partial charge in [-0.1, -0.05) is 41.9 Å². The number of hydrogen-bond donors (Lipinski definition) is 0. The van der Waals surface area contributed by atoms with Gasteiger partial charge in [-0.05, 0) is 29.3 Å². The summed E-state index contributed by atoms with van der Waals surface area (Å²) in [6.45, 7) is 2.07. The molecule has 4 heteroatoms. The van der Waals surface area contributed by atoms with E-state index in [1.165, 1.54) is 5.56 Å². The van der Waals surface area contributed by atoms with Crippen molar-refractivity contribution in [2.75, 3.05) is 0 Å². The van der Waals surface area contributed by atoms with E-state index in [0.29, 0.717) is 11.0 Å². The van der Waals surface area contributed by atoms with Crippen LogP contribution in [0.2, 0.25) is 5.15 Å². The molecule has 0 aliphatic heterocycles. The number of rotatable bonds is 1. The standard InChI is InChI=1S/C17H11ClN2S/c1-10-8-21-9-14(10)17-19-15-12-5-3-2-4-11(12)6-7-13(15)16(18)20-17/h2-9H,1H3. The van der Waals surface area contributed by atoms with Gasteiger partial charge < -0.3 is 0 Å². The second-order valence-corrected chi connectivity index (χ2v) is 6.09. The van der Waals surface area contributed by atoms with Crippen molar-refractivity contribution in [2.45, 2.75) is 6.92 Å². The third kappa shape index (κ3) is 2.01. The van der Waals surface area contributed by atoms with Gasteiger partial charge in [0.15, 0.2) is 5.82 Å². The van der Waals surface area contributed by atoms with Gasteiger partial charge in [0, 0.05) is 21.7 Å². The molecule has 0 saturated heterocycles. The van der Waals surface area contributed by atoms with Crippen LogP contribution in [0.1, 0.15) is 5.56 Å². The van der Waals surface area contributed by atoms with Crippen molar-refractivity contribution < 1.29 is 0 Å². The van der Waals surface area contributed by atoms with Crippen LogP contribution >= 0.6 is 22.9 Å². The summed E-state index contributed by atoms with van der Waals surface area (Å²) in [5.74, 6) is 0.697. The van der Waals surface area contributed by atoms with Crippen LogP contribution in [-0.4, -0.2) is 9.97 Å². The molecule has 0 N–H and O–H groups in total. The highest BCUT2D eigenvalue weighted by Crippen LogP contribution is 2.32. The Morgan fingerprint density at radius 1 is 0.952 bits per heavy atom. The predicted octanol–water partition coefficient (Wildman–Crippen LogP) is 5.47. The van der Waals surface area contributed by atoms with Crippen molar-refractivity contribution in [1.82, 2.24) is 9.97 Å². The average molecular weight is 311 g/mol. The van der Waals surface area contributed by atoms with Crippen LogP contribution in [0.4, 0.5) is 0 Å². The Kier molecular flexibility index (Phi) is 2.91. The van der Waals surface area contributed by atoms with Crippen molar-refractivity contribution in [3.8, 4) is 11.4 Å². The Bertz CT molecular complexity index is 975. The van der Waals surface area contributed by atoms with Gasteiger partial charge in [0.05, 0.1) is 5.52 Å². The zero-order valence-corrected chi connectivity index (χ0v) is 12.9. The molecule has 2 heterocycles. The van der Waals surface area contributed by atoms with Crippen LogP contribution in [0.15, 0.2) is 47.2 Å². The summed E-state index contributed by atoms with van der Waals surface area (Å²) in [5.41, 5.74) is 3.14. The quantitative estimate of drug-likeness (QED) is 0.344. The van der Waals surface area contributed by atoms with Crippen molar-refractivity contribution in [3.63, 3.8) is 0 Å². The van der Waals surface area contributed by atoms with Gasteiger partial charge in [0.2, 0.25) is 0 Å². The monoisotopic (exact) mass is 310 g/mol. The summed E-state index contributed by atoms with van der Waals surface area (Å²) in [6, 6.07) is 12.3. The molecule has 2 nitrogen and oxygen atoms in total. The van der Waals surface area contributed by atoms with Crippen LogP contribution in [0.3, 0.4) is 0 Å². The minimum Gasteiger partial charge on any atom is -0.227 e. The topological polar surface area (TPSA) is 25.8 Å². The maximum atomic E-state index is 6.38. The van der Waals surface area contributed by atoms with Crippen LogP contribution in [-0.2, 0) is 0 Å². The first-order chi connectivity index (χ1) is 10.2. The largest absolute Gasteiger partial charge is 0.227 e. The van der Waals surface area contributed by atoms with Gasteiger partial charge in [-0.3, -0.25) is 0 Å². The molecule has 0 amide bonds. The van der Waals surface area contributed by atoms with E-state index < -0.39 is 0 Å². The number of halogens is 1. The smallest absolute Gasteiger partial charge is 0.162 e. The number of benzene rings is 2. The highest BCUT2D eigenvalue weighted by Gasteiger charge is 2.12. The fraction of sp³-hybridized carbons (Fsp3) is 0.0588. The number of nitrogens with zero attached hydrogens (tertiary/aromatic N) is 2. The summed E-state index contributed by atoms with van der Waals surface area (Å²) in [5, 5.41) is 7.83.